The highest BCUT2D eigenvalue weighted by molar-refractivity contribution is 7.89. The lowest BCUT2D eigenvalue weighted by Crippen LogP contribution is -2.45. The quantitative estimate of drug-likeness (QED) is 0.843. The van der Waals surface area contributed by atoms with E-state index in [0.717, 1.165) is 0 Å². The van der Waals surface area contributed by atoms with Gasteiger partial charge in [0.05, 0.1) is 4.90 Å². The van der Waals surface area contributed by atoms with E-state index in [1.807, 2.05) is 0 Å². The van der Waals surface area contributed by atoms with Gasteiger partial charge in [0.2, 0.25) is 10.0 Å². The van der Waals surface area contributed by atoms with Gasteiger partial charge in [0.25, 0.3) is 0 Å². The second kappa shape index (κ2) is 6.56. The summed E-state index contributed by atoms with van der Waals surface area (Å²) in [5.41, 5.74) is 0.509. The van der Waals surface area contributed by atoms with Crippen LogP contribution in [-0.4, -0.2) is 25.5 Å². The molecule has 1 aromatic rings. The first kappa shape index (κ1) is 16.9. The molecule has 0 aromatic heterocycles. The maximum absolute atomic E-state index is 12.3. The van der Waals surface area contributed by atoms with Gasteiger partial charge in [0.1, 0.15) is 6.04 Å². The Kier molecular flexibility index (Phi) is 5.56. The van der Waals surface area contributed by atoms with E-state index in [0.29, 0.717) is 12.0 Å². The zero-order valence-electron chi connectivity index (χ0n) is 11.6. The molecule has 7 heteroatoms. The van der Waals surface area contributed by atoms with Crippen molar-refractivity contribution in [2.75, 3.05) is 0 Å². The predicted molar refractivity (Wildman–Crippen MR) is 77.4 cm³/mol. The smallest absolute Gasteiger partial charge is 0.322 e. The van der Waals surface area contributed by atoms with Crippen LogP contribution in [-0.2, 0) is 14.8 Å². The topological polar surface area (TPSA) is 83.5 Å². The van der Waals surface area contributed by atoms with Crippen LogP contribution in [0.3, 0.4) is 0 Å². The zero-order valence-corrected chi connectivity index (χ0v) is 13.1. The monoisotopic (exact) mass is 319 g/mol. The van der Waals surface area contributed by atoms with Gasteiger partial charge in [-0.05, 0) is 30.5 Å². The van der Waals surface area contributed by atoms with Crippen molar-refractivity contribution < 1.29 is 18.3 Å². The third-order valence-electron chi connectivity index (χ3n) is 3.20. The second-order valence-corrected chi connectivity index (χ2v) is 6.85. The molecule has 0 aliphatic rings. The van der Waals surface area contributed by atoms with E-state index in [-0.39, 0.29) is 15.8 Å². The molecule has 1 aromatic carbocycles. The first-order chi connectivity index (χ1) is 9.19. The fourth-order valence-corrected chi connectivity index (χ4v) is 3.54. The Morgan fingerprint density at radius 3 is 2.55 bits per heavy atom. The molecule has 0 saturated heterocycles. The molecule has 2 atom stereocenters. The third kappa shape index (κ3) is 3.94. The summed E-state index contributed by atoms with van der Waals surface area (Å²) in [5.74, 6) is -1.51. The van der Waals surface area contributed by atoms with E-state index in [1.54, 1.807) is 32.9 Å². The fraction of sp³-hybridized carbons (Fsp3) is 0.462. The van der Waals surface area contributed by atoms with E-state index >= 15 is 0 Å². The van der Waals surface area contributed by atoms with Crippen LogP contribution < -0.4 is 4.72 Å². The molecular weight excluding hydrogens is 302 g/mol. The average molecular weight is 320 g/mol. The third-order valence-corrected chi connectivity index (χ3v) is 5.02. The van der Waals surface area contributed by atoms with Crippen LogP contribution in [0.2, 0.25) is 5.02 Å². The second-order valence-electron chi connectivity index (χ2n) is 4.73. The molecule has 0 fully saturated rings. The Morgan fingerprint density at radius 2 is 2.05 bits per heavy atom. The van der Waals surface area contributed by atoms with Crippen LogP contribution in [0.5, 0.6) is 0 Å². The maximum Gasteiger partial charge on any atom is 0.322 e. The number of hydrogen-bond donors (Lipinski definition) is 2. The summed E-state index contributed by atoms with van der Waals surface area (Å²) in [5, 5.41) is 9.44. The molecule has 20 heavy (non-hydrogen) atoms. The van der Waals surface area contributed by atoms with Crippen LogP contribution in [0.15, 0.2) is 23.1 Å². The van der Waals surface area contributed by atoms with Crippen LogP contribution >= 0.6 is 11.6 Å². The highest BCUT2D eigenvalue weighted by atomic mass is 35.5. The summed E-state index contributed by atoms with van der Waals surface area (Å²) in [6.45, 7) is 5.12. The van der Waals surface area contributed by atoms with E-state index in [9.17, 15) is 13.2 Å². The Bertz CT molecular complexity index is 600. The summed E-state index contributed by atoms with van der Waals surface area (Å²) >= 11 is 5.80. The summed E-state index contributed by atoms with van der Waals surface area (Å²) < 4.78 is 26.9. The Labute approximate surface area is 124 Å². The lowest BCUT2D eigenvalue weighted by atomic mass is 10.0. The Morgan fingerprint density at radius 1 is 1.45 bits per heavy atom. The number of aliphatic carboxylic acids is 1. The summed E-state index contributed by atoms with van der Waals surface area (Å²) in [6.07, 6.45) is 0.550. The first-order valence-electron chi connectivity index (χ1n) is 6.20. The number of aryl methyl sites for hydroxylation is 1. The fourth-order valence-electron chi connectivity index (χ4n) is 1.74. The number of benzene rings is 1. The average Bonchev–Trinajstić information content (AvgIpc) is 2.37. The number of rotatable bonds is 6. The van der Waals surface area contributed by atoms with Crippen LogP contribution in [0, 0.1) is 12.8 Å². The first-order valence-corrected chi connectivity index (χ1v) is 8.06. The van der Waals surface area contributed by atoms with Crippen molar-refractivity contribution >= 4 is 27.6 Å². The van der Waals surface area contributed by atoms with Gasteiger partial charge < -0.3 is 5.11 Å². The molecule has 0 radical (unpaired) electrons. The highest BCUT2D eigenvalue weighted by Gasteiger charge is 2.30. The molecule has 0 heterocycles. The number of carboxylic acids is 1. The molecule has 1 rings (SSSR count). The molecule has 0 bridgehead atoms. The minimum atomic E-state index is -3.93. The molecule has 0 spiro atoms. The maximum atomic E-state index is 12.3. The summed E-state index contributed by atoms with van der Waals surface area (Å²) in [4.78, 5) is 11.2. The molecule has 0 amide bonds. The molecule has 0 aliphatic heterocycles. The van der Waals surface area contributed by atoms with Gasteiger partial charge in [-0.3, -0.25) is 4.79 Å². The SMILES string of the molecule is CCC(C)[C@H](NS(=O)(=O)c1cc(Cl)ccc1C)C(=O)O. The van der Waals surface area contributed by atoms with Crippen molar-refractivity contribution in [1.82, 2.24) is 4.72 Å². The zero-order chi connectivity index (χ0) is 15.5. The van der Waals surface area contributed by atoms with Gasteiger partial charge in [-0.2, -0.15) is 4.72 Å². The number of hydrogen-bond acceptors (Lipinski definition) is 3. The predicted octanol–water partition coefficient (Wildman–Crippen LogP) is 2.43. The largest absolute Gasteiger partial charge is 0.480 e. The van der Waals surface area contributed by atoms with Crippen molar-refractivity contribution in [3.8, 4) is 0 Å². The molecule has 112 valence electrons. The molecule has 2 N–H and O–H groups in total. The Hall–Kier alpha value is -1.11. The van der Waals surface area contributed by atoms with Crippen molar-refractivity contribution in [3.05, 3.63) is 28.8 Å². The molecule has 5 nitrogen and oxygen atoms in total. The normalized spacial score (nSPS) is 14.8. The van der Waals surface area contributed by atoms with Gasteiger partial charge in [0, 0.05) is 5.02 Å². The minimum Gasteiger partial charge on any atom is -0.480 e. The lowest BCUT2D eigenvalue weighted by molar-refractivity contribution is -0.140. The molecular formula is C13H18ClNO4S. The lowest BCUT2D eigenvalue weighted by Gasteiger charge is -2.20. The van der Waals surface area contributed by atoms with Crippen LogP contribution in [0.4, 0.5) is 0 Å². The van der Waals surface area contributed by atoms with Gasteiger partial charge in [-0.25, -0.2) is 8.42 Å². The number of halogens is 1. The molecule has 1 unspecified atom stereocenters. The van der Waals surface area contributed by atoms with Gasteiger partial charge in [-0.1, -0.05) is 37.9 Å². The number of carbonyl (C=O) groups is 1. The van der Waals surface area contributed by atoms with E-state index in [1.165, 1.54) is 6.07 Å². The van der Waals surface area contributed by atoms with Gasteiger partial charge in [0.15, 0.2) is 0 Å². The standard InChI is InChI=1S/C13H18ClNO4S/c1-4-8(2)12(13(16)17)15-20(18,19)11-7-10(14)6-5-9(11)3/h5-8,12,15H,4H2,1-3H3,(H,16,17)/t8?,12-/m0/s1. The minimum absolute atomic E-state index is 0.000414. The van der Waals surface area contributed by atoms with Crippen molar-refractivity contribution in [3.63, 3.8) is 0 Å². The number of sulfonamides is 1. The summed E-state index contributed by atoms with van der Waals surface area (Å²) in [7, 11) is -3.93. The van der Waals surface area contributed by atoms with E-state index < -0.39 is 22.0 Å². The van der Waals surface area contributed by atoms with Crippen molar-refractivity contribution in [1.29, 1.82) is 0 Å². The molecule has 0 saturated carbocycles. The summed E-state index contributed by atoms with van der Waals surface area (Å²) in [6, 6.07) is 3.31. The van der Waals surface area contributed by atoms with Crippen molar-refractivity contribution in [2.24, 2.45) is 5.92 Å². The van der Waals surface area contributed by atoms with E-state index in [4.69, 9.17) is 16.7 Å². The van der Waals surface area contributed by atoms with Gasteiger partial charge in [-0.15, -0.1) is 0 Å². The Balaban J connectivity index is 3.16. The van der Waals surface area contributed by atoms with Gasteiger partial charge >= 0.3 is 5.97 Å². The van der Waals surface area contributed by atoms with E-state index in [2.05, 4.69) is 4.72 Å². The number of carboxylic acid groups (broad SMARTS) is 1. The highest BCUT2D eigenvalue weighted by Crippen LogP contribution is 2.21. The molecule has 0 aliphatic carbocycles. The van der Waals surface area contributed by atoms with Crippen molar-refractivity contribution in [2.45, 2.75) is 38.1 Å². The van der Waals surface area contributed by atoms with Crippen LogP contribution in [0.25, 0.3) is 0 Å². The van der Waals surface area contributed by atoms with Crippen LogP contribution in [0.1, 0.15) is 25.8 Å². The number of nitrogens with one attached hydrogen (secondary N) is 1.